The second-order valence-electron chi connectivity index (χ2n) is 9.14. The molecule has 0 bridgehead atoms. The maximum Gasteiger partial charge on any atom is 0.0678 e. The molecule has 0 aliphatic heterocycles. The average molecular weight is 302 g/mol. The van der Waals surface area contributed by atoms with Crippen LogP contribution in [0.1, 0.15) is 75.7 Å². The monoisotopic (exact) mass is 301 g/mol. The van der Waals surface area contributed by atoms with E-state index >= 15 is 0 Å². The van der Waals surface area contributed by atoms with Crippen LogP contribution in [0.25, 0.3) is 0 Å². The van der Waals surface area contributed by atoms with Gasteiger partial charge in [0.25, 0.3) is 0 Å². The third kappa shape index (κ3) is 7.62. The lowest BCUT2D eigenvalue weighted by Crippen LogP contribution is -2.47. The first-order chi connectivity index (χ1) is 9.08. The fraction of sp³-hybridized carbons (Fsp3) is 1.00. The molecule has 3 nitrogen and oxygen atoms in total. The molecule has 0 radical (unpaired) electrons. The van der Waals surface area contributed by atoms with E-state index in [1.807, 2.05) is 0 Å². The molecule has 21 heavy (non-hydrogen) atoms. The smallest absolute Gasteiger partial charge is 0.0678 e. The summed E-state index contributed by atoms with van der Waals surface area (Å²) in [5.74, 6) is 0.318. The van der Waals surface area contributed by atoms with E-state index in [2.05, 4.69) is 69.2 Å². The highest BCUT2D eigenvalue weighted by molar-refractivity contribution is 4.89. The molecular weight excluding hydrogens is 262 g/mol. The zero-order chi connectivity index (χ0) is 17.1. The minimum atomic E-state index is -0.215. The van der Waals surface area contributed by atoms with Crippen molar-refractivity contribution in [1.29, 1.82) is 0 Å². The number of nitrogens with two attached hydrogens (primary N) is 1. The highest BCUT2D eigenvalue weighted by Crippen LogP contribution is 2.38. The van der Waals surface area contributed by atoms with E-state index in [0.29, 0.717) is 12.5 Å². The number of hydrogen-bond acceptors (Lipinski definition) is 3. The molecule has 0 aliphatic rings. The molecule has 3 heteroatoms. The Hall–Kier alpha value is -0.120. The van der Waals surface area contributed by atoms with Crippen molar-refractivity contribution in [3.05, 3.63) is 0 Å². The lowest BCUT2D eigenvalue weighted by molar-refractivity contribution is -0.126. The molecule has 0 rings (SSSR count). The van der Waals surface area contributed by atoms with E-state index in [0.717, 1.165) is 13.0 Å². The number of rotatable bonds is 8. The quantitative estimate of drug-likeness (QED) is 0.723. The van der Waals surface area contributed by atoms with Crippen molar-refractivity contribution in [2.45, 2.75) is 92.4 Å². The molecule has 0 saturated carbocycles. The van der Waals surface area contributed by atoms with Crippen molar-refractivity contribution in [1.82, 2.24) is 0 Å². The summed E-state index contributed by atoms with van der Waals surface area (Å²) >= 11 is 0. The summed E-state index contributed by atoms with van der Waals surface area (Å²) in [5, 5.41) is 0. The molecule has 0 aliphatic carbocycles. The largest absolute Gasteiger partial charge is 0.376 e. The van der Waals surface area contributed by atoms with Gasteiger partial charge in [-0.2, -0.15) is 0 Å². The van der Waals surface area contributed by atoms with E-state index in [9.17, 15) is 0 Å². The van der Waals surface area contributed by atoms with Crippen LogP contribution in [0.4, 0.5) is 0 Å². The first kappa shape index (κ1) is 20.9. The summed E-state index contributed by atoms with van der Waals surface area (Å²) in [4.78, 5) is 0. The van der Waals surface area contributed by atoms with Crippen molar-refractivity contribution in [3.8, 4) is 0 Å². The van der Waals surface area contributed by atoms with Gasteiger partial charge in [0.2, 0.25) is 0 Å². The molecule has 0 aromatic rings. The normalized spacial score (nSPS) is 16.1. The van der Waals surface area contributed by atoms with Crippen molar-refractivity contribution in [2.24, 2.45) is 17.1 Å². The van der Waals surface area contributed by atoms with E-state index in [1.54, 1.807) is 0 Å². The Morgan fingerprint density at radius 1 is 0.857 bits per heavy atom. The van der Waals surface area contributed by atoms with Gasteiger partial charge in [-0.05, 0) is 66.2 Å². The van der Waals surface area contributed by atoms with Crippen LogP contribution in [0.2, 0.25) is 0 Å². The Bertz CT molecular complexity index is 308. The highest BCUT2D eigenvalue weighted by Gasteiger charge is 2.38. The van der Waals surface area contributed by atoms with E-state index in [1.165, 1.54) is 0 Å². The summed E-state index contributed by atoms with van der Waals surface area (Å²) in [7, 11) is 0. The molecule has 0 aromatic carbocycles. The van der Waals surface area contributed by atoms with Gasteiger partial charge in [-0.3, -0.25) is 0 Å². The fourth-order valence-corrected chi connectivity index (χ4v) is 1.66. The minimum absolute atomic E-state index is 0.0384. The second-order valence-corrected chi connectivity index (χ2v) is 9.14. The minimum Gasteiger partial charge on any atom is -0.376 e. The van der Waals surface area contributed by atoms with Crippen LogP contribution >= 0.6 is 0 Å². The number of hydrogen-bond donors (Lipinski definition) is 1. The molecule has 0 fully saturated rings. The molecule has 0 aromatic heterocycles. The van der Waals surface area contributed by atoms with Crippen LogP contribution in [0.5, 0.6) is 0 Å². The Labute approximate surface area is 133 Å². The first-order valence-electron chi connectivity index (χ1n) is 8.15. The van der Waals surface area contributed by atoms with E-state index in [4.69, 9.17) is 15.2 Å². The van der Waals surface area contributed by atoms with Gasteiger partial charge < -0.3 is 15.2 Å². The summed E-state index contributed by atoms with van der Waals surface area (Å²) < 4.78 is 12.1. The SMILES string of the molecule is CC(COC(C)(C)C(C)(C)CCOC(C)(C)C)C(C)(C)N. The van der Waals surface area contributed by atoms with Gasteiger partial charge in [0.15, 0.2) is 0 Å². The topological polar surface area (TPSA) is 44.5 Å². The average Bonchev–Trinajstić information content (AvgIpc) is 2.22. The molecule has 1 unspecified atom stereocenters. The zero-order valence-corrected chi connectivity index (χ0v) is 16.1. The van der Waals surface area contributed by atoms with Crippen molar-refractivity contribution >= 4 is 0 Å². The zero-order valence-electron chi connectivity index (χ0n) is 16.1. The van der Waals surface area contributed by atoms with Crippen molar-refractivity contribution in [2.75, 3.05) is 13.2 Å². The molecule has 0 spiro atoms. The molecule has 1 atom stereocenters. The predicted octanol–water partition coefficient (Wildman–Crippen LogP) is 4.39. The van der Waals surface area contributed by atoms with Gasteiger partial charge in [-0.1, -0.05) is 20.8 Å². The van der Waals surface area contributed by atoms with E-state index in [-0.39, 0.29) is 22.2 Å². The van der Waals surface area contributed by atoms with Gasteiger partial charge in [-0.25, -0.2) is 0 Å². The Balaban J connectivity index is 4.51. The summed E-state index contributed by atoms with van der Waals surface area (Å²) in [6.45, 7) is 22.8. The van der Waals surface area contributed by atoms with Gasteiger partial charge in [0.1, 0.15) is 0 Å². The standard InChI is InChI=1S/C18H39NO2/c1-14(17(7,8)19)13-21-18(9,10)16(5,6)11-12-20-15(2,3)4/h14H,11-13,19H2,1-10H3. The van der Waals surface area contributed by atoms with Crippen LogP contribution in [0, 0.1) is 11.3 Å². The van der Waals surface area contributed by atoms with Crippen LogP contribution in [0.15, 0.2) is 0 Å². The van der Waals surface area contributed by atoms with Crippen LogP contribution < -0.4 is 5.73 Å². The predicted molar refractivity (Wildman–Crippen MR) is 91.6 cm³/mol. The summed E-state index contributed by atoms with van der Waals surface area (Å²) in [6, 6.07) is 0. The van der Waals surface area contributed by atoms with Crippen molar-refractivity contribution in [3.63, 3.8) is 0 Å². The maximum absolute atomic E-state index is 6.23. The fourth-order valence-electron chi connectivity index (χ4n) is 1.66. The maximum atomic E-state index is 6.23. The van der Waals surface area contributed by atoms with Gasteiger partial charge >= 0.3 is 0 Å². The van der Waals surface area contributed by atoms with Gasteiger partial charge in [0, 0.05) is 12.1 Å². The van der Waals surface area contributed by atoms with E-state index < -0.39 is 0 Å². The lowest BCUT2D eigenvalue weighted by atomic mass is 9.74. The van der Waals surface area contributed by atoms with Gasteiger partial charge in [-0.15, -0.1) is 0 Å². The molecule has 0 saturated heterocycles. The van der Waals surface area contributed by atoms with Crippen molar-refractivity contribution < 1.29 is 9.47 Å². The number of ether oxygens (including phenoxy) is 2. The Morgan fingerprint density at radius 3 is 1.71 bits per heavy atom. The lowest BCUT2D eigenvalue weighted by Gasteiger charge is -2.43. The summed E-state index contributed by atoms with van der Waals surface area (Å²) in [5.41, 5.74) is 5.67. The van der Waals surface area contributed by atoms with Crippen LogP contribution in [0.3, 0.4) is 0 Å². The summed E-state index contributed by atoms with van der Waals surface area (Å²) in [6.07, 6.45) is 0.970. The third-order valence-corrected chi connectivity index (χ3v) is 4.86. The molecule has 0 amide bonds. The highest BCUT2D eigenvalue weighted by atomic mass is 16.5. The van der Waals surface area contributed by atoms with Gasteiger partial charge in [0.05, 0.1) is 17.8 Å². The third-order valence-electron chi connectivity index (χ3n) is 4.86. The molecule has 2 N–H and O–H groups in total. The second kappa shape index (κ2) is 6.97. The Kier molecular flexibility index (Phi) is 6.93. The van der Waals surface area contributed by atoms with Crippen LogP contribution in [-0.4, -0.2) is 30.0 Å². The molecule has 0 heterocycles. The first-order valence-corrected chi connectivity index (χ1v) is 8.15. The molecule has 128 valence electrons. The van der Waals surface area contributed by atoms with Crippen LogP contribution in [-0.2, 0) is 9.47 Å². The molecular formula is C18H39NO2. The Morgan fingerprint density at radius 2 is 1.33 bits per heavy atom.